The van der Waals surface area contributed by atoms with Crippen molar-refractivity contribution in [2.24, 2.45) is 0 Å². The zero-order valence-electron chi connectivity index (χ0n) is 7.06. The molecule has 0 aromatic heterocycles. The molecule has 0 spiro atoms. The Morgan fingerprint density at radius 2 is 2.31 bits per heavy atom. The van der Waals surface area contributed by atoms with Crippen LogP contribution in [0.2, 0.25) is 0 Å². The normalized spacial score (nSPS) is 15.0. The molecule has 0 unspecified atom stereocenters. The van der Waals surface area contributed by atoms with Gasteiger partial charge < -0.3 is 5.32 Å². The molecule has 1 aromatic carbocycles. The Bertz CT molecular complexity index is 335. The van der Waals surface area contributed by atoms with Gasteiger partial charge in [0.15, 0.2) is 0 Å². The quantitative estimate of drug-likeness (QED) is 0.682. The van der Waals surface area contributed by atoms with Gasteiger partial charge >= 0.3 is 0 Å². The number of amides is 1. The molecule has 1 amide bonds. The number of hydrogen-bond acceptors (Lipinski definition) is 1. The fraction of sp³-hybridized carbons (Fsp3) is 0.300. The summed E-state index contributed by atoms with van der Waals surface area (Å²) in [5.41, 5.74) is 2.98. The van der Waals surface area contributed by atoms with Crippen LogP contribution in [0.25, 0.3) is 0 Å². The lowest BCUT2D eigenvalue weighted by Gasteiger charge is -2.18. The lowest BCUT2D eigenvalue weighted by molar-refractivity contribution is -0.116. The molecule has 13 heavy (non-hydrogen) atoms. The third kappa shape index (κ3) is 1.54. The van der Waals surface area contributed by atoms with Gasteiger partial charge in [-0.1, -0.05) is 0 Å². The summed E-state index contributed by atoms with van der Waals surface area (Å²) in [4.78, 5) is 11.1. The molecule has 1 heterocycles. The van der Waals surface area contributed by atoms with Crippen LogP contribution in [0.5, 0.6) is 0 Å². The first kappa shape index (κ1) is 8.57. The maximum absolute atomic E-state index is 11.1. The van der Waals surface area contributed by atoms with Crippen LogP contribution in [0.3, 0.4) is 0 Å². The van der Waals surface area contributed by atoms with E-state index < -0.39 is 0 Å². The summed E-state index contributed by atoms with van der Waals surface area (Å²) in [7, 11) is 0. The molecule has 1 aromatic rings. The third-order valence-corrected chi connectivity index (χ3v) is 2.48. The van der Waals surface area contributed by atoms with Crippen molar-refractivity contribution in [3.8, 4) is 0 Å². The molecule has 1 aliphatic heterocycles. The highest BCUT2D eigenvalue weighted by Gasteiger charge is 2.16. The molecule has 2 rings (SSSR count). The highest BCUT2D eigenvalue weighted by atomic mass is 35.5. The van der Waals surface area contributed by atoms with Gasteiger partial charge in [-0.25, -0.2) is 0 Å². The van der Waals surface area contributed by atoms with Crippen molar-refractivity contribution in [1.29, 1.82) is 0 Å². The number of rotatable bonds is 1. The second kappa shape index (κ2) is 3.38. The molecule has 0 atom stereocenters. The number of benzene rings is 1. The topological polar surface area (TPSA) is 29.1 Å². The highest BCUT2D eigenvalue weighted by molar-refractivity contribution is 6.17. The summed E-state index contributed by atoms with van der Waals surface area (Å²) in [6, 6.07) is 6.74. The lowest BCUT2D eigenvalue weighted by Crippen LogP contribution is -2.20. The number of hydrogen-bond donors (Lipinski definition) is 1. The Morgan fingerprint density at radius 1 is 1.46 bits per heavy atom. The second-order valence-electron chi connectivity index (χ2n) is 3.06. The summed E-state index contributed by atoms with van der Waals surface area (Å²) in [6.45, 7) is 0. The number of anilines is 1. The number of carbonyl (C=O) groups excluding carboxylic acids is 1. The Labute approximate surface area is 81.9 Å². The fourth-order valence-corrected chi connectivity index (χ4v) is 1.72. The van der Waals surface area contributed by atoms with Crippen molar-refractivity contribution < 1.29 is 4.79 Å². The van der Waals surface area contributed by atoms with Gasteiger partial charge in [0.2, 0.25) is 5.91 Å². The van der Waals surface area contributed by atoms with Crippen LogP contribution < -0.4 is 5.32 Å². The van der Waals surface area contributed by atoms with Gasteiger partial charge in [-0.05, 0) is 35.7 Å². The van der Waals surface area contributed by atoms with Gasteiger partial charge in [0.05, 0.1) is 0 Å². The molecular formula is C10H9ClNO. The van der Waals surface area contributed by atoms with E-state index in [9.17, 15) is 4.79 Å². The Balaban J connectivity index is 2.46. The second-order valence-corrected chi connectivity index (χ2v) is 3.33. The van der Waals surface area contributed by atoms with E-state index in [1.54, 1.807) is 0 Å². The molecule has 0 saturated heterocycles. The Hall–Kier alpha value is -1.02. The largest absolute Gasteiger partial charge is 0.326 e. The zero-order chi connectivity index (χ0) is 9.26. The summed E-state index contributed by atoms with van der Waals surface area (Å²) < 4.78 is 0. The molecular weight excluding hydrogens is 186 g/mol. The number of aryl methyl sites for hydroxylation is 1. The molecule has 0 fully saturated rings. The summed E-state index contributed by atoms with van der Waals surface area (Å²) in [5, 5.41) is 2.84. The Kier molecular flexibility index (Phi) is 2.23. The van der Waals surface area contributed by atoms with Crippen molar-refractivity contribution in [3.63, 3.8) is 0 Å². The minimum Gasteiger partial charge on any atom is -0.326 e. The van der Waals surface area contributed by atoms with E-state index in [0.29, 0.717) is 12.3 Å². The van der Waals surface area contributed by atoms with Gasteiger partial charge in [0.1, 0.15) is 0 Å². The number of fused-ring (bicyclic) bond motifs is 1. The van der Waals surface area contributed by atoms with Crippen molar-refractivity contribution in [1.82, 2.24) is 0 Å². The van der Waals surface area contributed by atoms with Crippen molar-refractivity contribution in [3.05, 3.63) is 29.3 Å². The molecule has 0 aliphatic carbocycles. The van der Waals surface area contributed by atoms with E-state index in [4.69, 9.17) is 11.6 Å². The first-order chi connectivity index (χ1) is 6.31. The minimum atomic E-state index is 0.0741. The molecule has 1 N–H and O–H groups in total. The highest BCUT2D eigenvalue weighted by Crippen LogP contribution is 2.27. The van der Waals surface area contributed by atoms with E-state index in [1.807, 2.05) is 12.1 Å². The van der Waals surface area contributed by atoms with E-state index in [0.717, 1.165) is 23.2 Å². The summed E-state index contributed by atoms with van der Waals surface area (Å²) in [6.07, 6.45) is 1.36. The fourth-order valence-electron chi connectivity index (χ4n) is 1.51. The maximum atomic E-state index is 11.1. The van der Waals surface area contributed by atoms with Crippen molar-refractivity contribution in [2.75, 3.05) is 5.32 Å². The predicted molar refractivity (Wildman–Crippen MR) is 51.8 cm³/mol. The maximum Gasteiger partial charge on any atom is 0.224 e. The van der Waals surface area contributed by atoms with Crippen LogP contribution >= 0.6 is 11.6 Å². The number of nitrogens with one attached hydrogen (secondary N) is 1. The van der Waals surface area contributed by atoms with Crippen LogP contribution in [0.4, 0.5) is 5.69 Å². The number of halogens is 1. The van der Waals surface area contributed by atoms with Gasteiger partial charge in [-0.3, -0.25) is 4.79 Å². The first-order valence-electron chi connectivity index (χ1n) is 4.19. The summed E-state index contributed by atoms with van der Waals surface area (Å²) >= 11 is 5.74. The third-order valence-electron chi connectivity index (χ3n) is 2.19. The van der Waals surface area contributed by atoms with E-state index in [1.165, 1.54) is 0 Å². The van der Waals surface area contributed by atoms with E-state index in [-0.39, 0.29) is 5.91 Å². The monoisotopic (exact) mass is 194 g/mol. The van der Waals surface area contributed by atoms with Crippen LogP contribution in [0.1, 0.15) is 17.5 Å². The molecule has 0 bridgehead atoms. The number of alkyl halides is 1. The minimum absolute atomic E-state index is 0.0741. The first-order valence-corrected chi connectivity index (χ1v) is 4.72. The smallest absolute Gasteiger partial charge is 0.224 e. The van der Waals surface area contributed by atoms with Crippen molar-refractivity contribution >= 4 is 23.2 Å². The molecule has 1 radical (unpaired) electrons. The predicted octanol–water partition coefficient (Wildman–Crippen LogP) is 2.11. The van der Waals surface area contributed by atoms with Crippen molar-refractivity contribution in [2.45, 2.75) is 18.7 Å². The lowest BCUT2D eigenvalue weighted by atomic mass is 10.00. The molecule has 2 nitrogen and oxygen atoms in total. The zero-order valence-corrected chi connectivity index (χ0v) is 7.82. The van der Waals surface area contributed by atoms with Gasteiger partial charge in [0.25, 0.3) is 0 Å². The average molecular weight is 195 g/mol. The SMILES string of the molecule is O=C1CCc2c[c]cc(CCl)c2N1. The van der Waals surface area contributed by atoms with E-state index >= 15 is 0 Å². The number of carbonyl (C=O) groups is 1. The molecule has 67 valence electrons. The van der Waals surface area contributed by atoms with Gasteiger partial charge in [-0.15, -0.1) is 11.6 Å². The Morgan fingerprint density at radius 3 is 3.08 bits per heavy atom. The van der Waals surface area contributed by atoms with Gasteiger partial charge in [-0.2, -0.15) is 0 Å². The van der Waals surface area contributed by atoms with Crippen LogP contribution in [-0.4, -0.2) is 5.91 Å². The van der Waals surface area contributed by atoms with Crippen LogP contribution in [-0.2, 0) is 17.1 Å². The van der Waals surface area contributed by atoms with Gasteiger partial charge in [0, 0.05) is 18.0 Å². The molecule has 3 heteroatoms. The summed E-state index contributed by atoms with van der Waals surface area (Å²) in [5.74, 6) is 0.491. The molecule has 1 aliphatic rings. The van der Waals surface area contributed by atoms with Crippen LogP contribution in [0.15, 0.2) is 12.1 Å². The average Bonchev–Trinajstić information content (AvgIpc) is 2.17. The van der Waals surface area contributed by atoms with Crippen LogP contribution in [0, 0.1) is 6.07 Å². The molecule has 0 saturated carbocycles. The standard InChI is InChI=1S/C10H9ClNO/c11-6-8-3-1-2-7-4-5-9(13)12-10(7)8/h2-3H,4-6H2,(H,12,13). The van der Waals surface area contributed by atoms with E-state index in [2.05, 4.69) is 11.4 Å².